The number of hydrogen-bond donors (Lipinski definition) is 0. The SMILES string of the molecule is CC(C)CC(=O)[C@@H]1CCCN(C(=O)c2ccc(N3CCC(N(C)C)CC3)nc2)C1. The number of carbonyl (C=O) groups is 2. The van der Waals surface area contributed by atoms with E-state index >= 15 is 0 Å². The van der Waals surface area contributed by atoms with Crippen LogP contribution in [0, 0.1) is 11.8 Å². The van der Waals surface area contributed by atoms with E-state index < -0.39 is 0 Å². The third-order valence-corrected chi connectivity index (χ3v) is 6.29. The first-order chi connectivity index (χ1) is 13.8. The van der Waals surface area contributed by atoms with E-state index in [-0.39, 0.29) is 11.8 Å². The Balaban J connectivity index is 1.58. The smallest absolute Gasteiger partial charge is 0.255 e. The van der Waals surface area contributed by atoms with Crippen molar-refractivity contribution in [1.82, 2.24) is 14.8 Å². The molecule has 1 atom stereocenters. The molecule has 6 heteroatoms. The molecule has 29 heavy (non-hydrogen) atoms. The number of Topliss-reactive ketones (excluding diaryl/α,β-unsaturated/α-hetero) is 1. The number of aromatic nitrogens is 1. The van der Waals surface area contributed by atoms with Gasteiger partial charge in [0.25, 0.3) is 5.91 Å². The van der Waals surface area contributed by atoms with Crippen LogP contribution in [0.15, 0.2) is 18.3 Å². The summed E-state index contributed by atoms with van der Waals surface area (Å²) in [6, 6.07) is 4.49. The average Bonchev–Trinajstić information content (AvgIpc) is 2.73. The van der Waals surface area contributed by atoms with Crippen molar-refractivity contribution < 1.29 is 9.59 Å². The maximum Gasteiger partial charge on any atom is 0.255 e. The quantitative estimate of drug-likeness (QED) is 0.734. The topological polar surface area (TPSA) is 56.8 Å². The van der Waals surface area contributed by atoms with Crippen molar-refractivity contribution in [3.8, 4) is 0 Å². The Bertz CT molecular complexity index is 693. The molecule has 2 aliphatic heterocycles. The number of amides is 1. The summed E-state index contributed by atoms with van der Waals surface area (Å²) in [7, 11) is 4.28. The van der Waals surface area contributed by atoms with Crippen molar-refractivity contribution in [3.05, 3.63) is 23.9 Å². The standard InChI is InChI=1S/C23H36N4O2/c1-17(2)14-21(28)19-6-5-11-27(16-19)23(29)18-7-8-22(24-15-18)26-12-9-20(10-13-26)25(3)4/h7-8,15,17,19-20H,5-6,9-14,16H2,1-4H3/t19-/m1/s1. The van der Waals surface area contributed by atoms with E-state index in [4.69, 9.17) is 0 Å². The van der Waals surface area contributed by atoms with Crippen LogP contribution >= 0.6 is 0 Å². The number of piperidine rings is 2. The molecule has 0 bridgehead atoms. The molecule has 0 unspecified atom stereocenters. The summed E-state index contributed by atoms with van der Waals surface area (Å²) in [6.45, 7) is 7.40. The van der Waals surface area contributed by atoms with Gasteiger partial charge in [-0.15, -0.1) is 0 Å². The van der Waals surface area contributed by atoms with Gasteiger partial charge in [-0.25, -0.2) is 4.98 Å². The summed E-state index contributed by atoms with van der Waals surface area (Å²) in [4.78, 5) is 36.4. The van der Waals surface area contributed by atoms with E-state index in [9.17, 15) is 9.59 Å². The number of hydrogen-bond acceptors (Lipinski definition) is 5. The highest BCUT2D eigenvalue weighted by Crippen LogP contribution is 2.23. The fraction of sp³-hybridized carbons (Fsp3) is 0.696. The fourth-order valence-electron chi connectivity index (χ4n) is 4.49. The molecule has 6 nitrogen and oxygen atoms in total. The Morgan fingerprint density at radius 2 is 1.86 bits per heavy atom. The maximum atomic E-state index is 13.0. The Kier molecular flexibility index (Phi) is 7.28. The molecule has 2 fully saturated rings. The van der Waals surface area contributed by atoms with Gasteiger partial charge in [0.15, 0.2) is 0 Å². The van der Waals surface area contributed by atoms with Gasteiger partial charge in [-0.3, -0.25) is 9.59 Å². The molecule has 1 aromatic rings. The molecule has 3 rings (SSSR count). The zero-order valence-electron chi connectivity index (χ0n) is 18.4. The molecular formula is C23H36N4O2. The number of anilines is 1. The van der Waals surface area contributed by atoms with Gasteiger partial charge in [0, 0.05) is 50.8 Å². The molecule has 160 valence electrons. The van der Waals surface area contributed by atoms with E-state index in [0.29, 0.717) is 36.3 Å². The molecular weight excluding hydrogens is 364 g/mol. The van der Waals surface area contributed by atoms with Gasteiger partial charge in [0.05, 0.1) is 5.56 Å². The number of ketones is 1. The van der Waals surface area contributed by atoms with Gasteiger partial charge in [-0.1, -0.05) is 13.8 Å². The number of pyridine rings is 1. The van der Waals surface area contributed by atoms with Crippen LogP contribution in [0.2, 0.25) is 0 Å². The van der Waals surface area contributed by atoms with Crippen LogP contribution in [0.3, 0.4) is 0 Å². The van der Waals surface area contributed by atoms with Crippen LogP contribution in [0.1, 0.15) is 56.3 Å². The Hall–Kier alpha value is -1.95. The van der Waals surface area contributed by atoms with Gasteiger partial charge in [-0.05, 0) is 57.8 Å². The van der Waals surface area contributed by atoms with Crippen LogP contribution < -0.4 is 4.90 Å². The number of nitrogens with zero attached hydrogens (tertiary/aromatic N) is 4. The predicted molar refractivity (Wildman–Crippen MR) is 116 cm³/mol. The largest absolute Gasteiger partial charge is 0.357 e. The molecule has 0 spiro atoms. The Morgan fingerprint density at radius 1 is 1.14 bits per heavy atom. The van der Waals surface area contributed by atoms with Crippen molar-refractivity contribution in [2.24, 2.45) is 11.8 Å². The fourth-order valence-corrected chi connectivity index (χ4v) is 4.49. The lowest BCUT2D eigenvalue weighted by Gasteiger charge is -2.36. The molecule has 0 aromatic carbocycles. The average molecular weight is 401 g/mol. The van der Waals surface area contributed by atoms with Gasteiger partial charge in [0.2, 0.25) is 0 Å². The van der Waals surface area contributed by atoms with Crippen LogP contribution in [-0.4, -0.2) is 72.8 Å². The highest BCUT2D eigenvalue weighted by molar-refractivity contribution is 5.94. The lowest BCUT2D eigenvalue weighted by Crippen LogP contribution is -2.43. The molecule has 0 aliphatic carbocycles. The molecule has 0 radical (unpaired) electrons. The van der Waals surface area contributed by atoms with Gasteiger partial charge >= 0.3 is 0 Å². The lowest BCUT2D eigenvalue weighted by atomic mass is 9.89. The molecule has 2 saturated heterocycles. The normalized spacial score (nSPS) is 21.1. The maximum absolute atomic E-state index is 13.0. The second kappa shape index (κ2) is 9.70. The minimum atomic E-state index is -0.0136. The molecule has 1 amide bonds. The van der Waals surface area contributed by atoms with Gasteiger partial charge in [-0.2, -0.15) is 0 Å². The second-order valence-electron chi connectivity index (χ2n) is 9.24. The van der Waals surface area contributed by atoms with E-state index in [1.165, 1.54) is 0 Å². The summed E-state index contributed by atoms with van der Waals surface area (Å²) in [6.07, 6.45) is 6.37. The molecule has 2 aliphatic rings. The minimum absolute atomic E-state index is 0.00240. The van der Waals surface area contributed by atoms with Crippen LogP contribution in [0.4, 0.5) is 5.82 Å². The first-order valence-electron chi connectivity index (χ1n) is 11.0. The zero-order chi connectivity index (χ0) is 21.0. The van der Waals surface area contributed by atoms with Crippen molar-refractivity contribution >= 4 is 17.5 Å². The predicted octanol–water partition coefficient (Wildman–Crippen LogP) is 3.08. The molecule has 3 heterocycles. The first kappa shape index (κ1) is 21.8. The van der Waals surface area contributed by atoms with Crippen molar-refractivity contribution in [1.29, 1.82) is 0 Å². The number of rotatable bonds is 6. The van der Waals surface area contributed by atoms with Crippen LogP contribution in [-0.2, 0) is 4.79 Å². The summed E-state index contributed by atoms with van der Waals surface area (Å²) in [5.41, 5.74) is 0.619. The summed E-state index contributed by atoms with van der Waals surface area (Å²) in [5, 5.41) is 0. The molecule has 1 aromatic heterocycles. The third-order valence-electron chi connectivity index (χ3n) is 6.29. The summed E-state index contributed by atoms with van der Waals surface area (Å²) >= 11 is 0. The summed E-state index contributed by atoms with van der Waals surface area (Å²) in [5.74, 6) is 1.60. The molecule has 0 saturated carbocycles. The minimum Gasteiger partial charge on any atom is -0.357 e. The van der Waals surface area contributed by atoms with Crippen molar-refractivity contribution in [2.45, 2.75) is 52.0 Å². The Labute approximate surface area is 175 Å². The monoisotopic (exact) mass is 400 g/mol. The molecule has 0 N–H and O–H groups in total. The number of likely N-dealkylation sites (tertiary alicyclic amines) is 1. The summed E-state index contributed by atoms with van der Waals surface area (Å²) < 4.78 is 0. The van der Waals surface area contributed by atoms with Gasteiger partial charge in [0.1, 0.15) is 11.6 Å². The highest BCUT2D eigenvalue weighted by Gasteiger charge is 2.29. The van der Waals surface area contributed by atoms with E-state index in [2.05, 4.69) is 42.7 Å². The van der Waals surface area contributed by atoms with Crippen LogP contribution in [0.25, 0.3) is 0 Å². The highest BCUT2D eigenvalue weighted by atomic mass is 16.2. The van der Waals surface area contributed by atoms with E-state index in [1.807, 2.05) is 17.0 Å². The zero-order valence-corrected chi connectivity index (χ0v) is 18.4. The number of carbonyl (C=O) groups excluding carboxylic acids is 2. The third kappa shape index (κ3) is 5.56. The van der Waals surface area contributed by atoms with E-state index in [1.54, 1.807) is 6.20 Å². The van der Waals surface area contributed by atoms with E-state index in [0.717, 1.165) is 51.1 Å². The van der Waals surface area contributed by atoms with Crippen molar-refractivity contribution in [3.63, 3.8) is 0 Å². The van der Waals surface area contributed by atoms with Crippen molar-refractivity contribution in [2.75, 3.05) is 45.2 Å². The van der Waals surface area contributed by atoms with Gasteiger partial charge < -0.3 is 14.7 Å². The Morgan fingerprint density at radius 3 is 2.45 bits per heavy atom. The lowest BCUT2D eigenvalue weighted by molar-refractivity contribution is -0.124. The van der Waals surface area contributed by atoms with Crippen LogP contribution in [0.5, 0.6) is 0 Å². The second-order valence-corrected chi connectivity index (χ2v) is 9.24. The first-order valence-corrected chi connectivity index (χ1v) is 11.0.